The number of anilines is 2. The number of ether oxygens (including phenoxy) is 3. The number of para-hydroxylation sites is 1. The number of alkyl halides is 3. The Labute approximate surface area is 239 Å². The Kier molecular flexibility index (Phi) is 9.45. The Morgan fingerprint density at radius 1 is 1.10 bits per heavy atom. The van der Waals surface area contributed by atoms with Crippen LogP contribution >= 0.6 is 0 Å². The molecule has 4 rings (SSSR count). The molecule has 0 radical (unpaired) electrons. The number of hydrogen-bond acceptors (Lipinski definition) is 9. The number of amides is 1. The number of carbonyl (C=O) groups excluding carboxylic acids is 2. The molecule has 2 aromatic carbocycles. The van der Waals surface area contributed by atoms with Gasteiger partial charge in [0.2, 0.25) is 11.8 Å². The standard InChI is InChI=1S/C28H29F4N5O5/c1-4-41-23-13-18(24(38)34-16-9-11-37(2)12-10-16)20(29)14-21(23)35-27-33-15-19(28(30,31)32)25(36-27)42-22-8-6-5-7-17(22)26(39)40-3/h5-8,13-16H,4,9-12H2,1-3H3,(H,34,38)(H,33,35,36). The quantitative estimate of drug-likeness (QED) is 0.257. The van der Waals surface area contributed by atoms with E-state index in [4.69, 9.17) is 9.47 Å². The van der Waals surface area contributed by atoms with Crippen LogP contribution in [-0.4, -0.2) is 66.6 Å². The lowest BCUT2D eigenvalue weighted by Crippen LogP contribution is -2.43. The van der Waals surface area contributed by atoms with Crippen LogP contribution in [0.15, 0.2) is 42.6 Å². The summed E-state index contributed by atoms with van der Waals surface area (Å²) in [7, 11) is 3.10. The number of esters is 1. The first-order valence-corrected chi connectivity index (χ1v) is 13.0. The van der Waals surface area contributed by atoms with E-state index in [-0.39, 0.29) is 41.0 Å². The molecule has 0 spiro atoms. The molecule has 1 amide bonds. The summed E-state index contributed by atoms with van der Waals surface area (Å²) < 4.78 is 72.2. The topological polar surface area (TPSA) is 115 Å². The summed E-state index contributed by atoms with van der Waals surface area (Å²) >= 11 is 0. The average molecular weight is 592 g/mol. The molecule has 3 aromatic rings. The molecule has 2 heterocycles. The monoisotopic (exact) mass is 591 g/mol. The Hall–Kier alpha value is -4.46. The number of methoxy groups -OCH3 is 1. The van der Waals surface area contributed by atoms with E-state index < -0.39 is 41.3 Å². The number of rotatable bonds is 9. The van der Waals surface area contributed by atoms with E-state index in [0.717, 1.165) is 39.1 Å². The van der Waals surface area contributed by atoms with Crippen LogP contribution in [0.2, 0.25) is 0 Å². The van der Waals surface area contributed by atoms with Gasteiger partial charge in [0, 0.05) is 18.3 Å². The Bertz CT molecular complexity index is 1440. The first-order chi connectivity index (χ1) is 20.0. The molecule has 2 N–H and O–H groups in total. The van der Waals surface area contributed by atoms with Gasteiger partial charge in [-0.15, -0.1) is 0 Å². The first kappa shape index (κ1) is 30.5. The van der Waals surface area contributed by atoms with Crippen molar-refractivity contribution in [2.24, 2.45) is 0 Å². The van der Waals surface area contributed by atoms with Crippen LogP contribution in [0.3, 0.4) is 0 Å². The van der Waals surface area contributed by atoms with Crippen LogP contribution in [0.1, 0.15) is 46.0 Å². The van der Waals surface area contributed by atoms with Crippen molar-refractivity contribution in [3.05, 3.63) is 65.1 Å². The van der Waals surface area contributed by atoms with E-state index in [0.29, 0.717) is 6.20 Å². The van der Waals surface area contributed by atoms with Gasteiger partial charge in [-0.2, -0.15) is 18.2 Å². The highest BCUT2D eigenvalue weighted by Gasteiger charge is 2.37. The molecule has 1 fully saturated rings. The zero-order valence-corrected chi connectivity index (χ0v) is 23.0. The number of carbonyl (C=O) groups is 2. The van der Waals surface area contributed by atoms with Crippen molar-refractivity contribution in [3.63, 3.8) is 0 Å². The number of hydrogen-bond donors (Lipinski definition) is 2. The van der Waals surface area contributed by atoms with E-state index in [9.17, 15) is 22.8 Å². The SMILES string of the molecule is CCOc1cc(C(=O)NC2CCN(C)CC2)c(F)cc1Nc1ncc(C(F)(F)F)c(Oc2ccccc2C(=O)OC)n1. The summed E-state index contributed by atoms with van der Waals surface area (Å²) in [6.07, 6.45) is -2.96. The van der Waals surface area contributed by atoms with Gasteiger partial charge in [-0.1, -0.05) is 12.1 Å². The molecular formula is C28H29F4N5O5. The normalized spacial score (nSPS) is 14.3. The maximum absolute atomic E-state index is 15.2. The second-order valence-corrected chi connectivity index (χ2v) is 9.44. The average Bonchev–Trinajstić information content (AvgIpc) is 2.95. The molecule has 0 unspecified atom stereocenters. The summed E-state index contributed by atoms with van der Waals surface area (Å²) in [6.45, 7) is 3.41. The van der Waals surface area contributed by atoms with Crippen molar-refractivity contribution in [2.45, 2.75) is 32.0 Å². The van der Waals surface area contributed by atoms with E-state index in [1.807, 2.05) is 7.05 Å². The van der Waals surface area contributed by atoms with E-state index in [1.165, 1.54) is 30.3 Å². The smallest absolute Gasteiger partial charge is 0.423 e. The number of aromatic nitrogens is 2. The summed E-state index contributed by atoms with van der Waals surface area (Å²) in [4.78, 5) is 34.7. The molecule has 1 aliphatic rings. The summed E-state index contributed by atoms with van der Waals surface area (Å²) in [5.74, 6) is -3.82. The third-order valence-corrected chi connectivity index (χ3v) is 6.47. The molecule has 1 aromatic heterocycles. The molecule has 0 bridgehead atoms. The largest absolute Gasteiger partial charge is 0.492 e. The van der Waals surface area contributed by atoms with Crippen molar-refractivity contribution in [1.29, 1.82) is 0 Å². The Balaban J connectivity index is 1.64. The number of nitrogens with one attached hydrogen (secondary N) is 2. The van der Waals surface area contributed by atoms with Crippen LogP contribution in [0.25, 0.3) is 0 Å². The van der Waals surface area contributed by atoms with E-state index in [2.05, 4.69) is 30.2 Å². The number of piperidine rings is 1. The fraction of sp³-hybridized carbons (Fsp3) is 0.357. The molecule has 10 nitrogen and oxygen atoms in total. The fourth-order valence-electron chi connectivity index (χ4n) is 4.27. The molecule has 1 aliphatic heterocycles. The molecule has 0 aliphatic carbocycles. The van der Waals surface area contributed by atoms with Gasteiger partial charge in [-0.25, -0.2) is 14.2 Å². The highest BCUT2D eigenvalue weighted by molar-refractivity contribution is 5.96. The first-order valence-electron chi connectivity index (χ1n) is 13.0. The molecule has 0 atom stereocenters. The number of benzene rings is 2. The number of nitrogens with zero attached hydrogens (tertiary/aromatic N) is 3. The second kappa shape index (κ2) is 13.0. The van der Waals surface area contributed by atoms with Crippen LogP contribution in [0.5, 0.6) is 17.4 Å². The zero-order valence-electron chi connectivity index (χ0n) is 23.0. The van der Waals surface area contributed by atoms with Crippen LogP contribution in [-0.2, 0) is 10.9 Å². The molecular weight excluding hydrogens is 562 g/mol. The number of likely N-dealkylation sites (tertiary alicyclic amines) is 1. The Morgan fingerprint density at radius 3 is 2.48 bits per heavy atom. The maximum Gasteiger partial charge on any atom is 0.423 e. The molecule has 42 heavy (non-hydrogen) atoms. The van der Waals surface area contributed by atoms with Gasteiger partial charge >= 0.3 is 12.1 Å². The lowest BCUT2D eigenvalue weighted by atomic mass is 10.0. The predicted molar refractivity (Wildman–Crippen MR) is 144 cm³/mol. The highest BCUT2D eigenvalue weighted by Crippen LogP contribution is 2.39. The third kappa shape index (κ3) is 7.24. The molecule has 224 valence electrons. The zero-order chi connectivity index (χ0) is 30.4. The van der Waals surface area contributed by atoms with Gasteiger partial charge < -0.3 is 29.7 Å². The van der Waals surface area contributed by atoms with Crippen LogP contribution < -0.4 is 20.1 Å². The maximum atomic E-state index is 15.2. The molecule has 1 saturated heterocycles. The van der Waals surface area contributed by atoms with E-state index >= 15 is 4.39 Å². The minimum Gasteiger partial charge on any atom is -0.492 e. The van der Waals surface area contributed by atoms with Crippen molar-refractivity contribution >= 4 is 23.5 Å². The van der Waals surface area contributed by atoms with Crippen molar-refractivity contribution in [2.75, 3.05) is 39.2 Å². The van der Waals surface area contributed by atoms with Gasteiger partial charge in [0.1, 0.15) is 28.4 Å². The highest BCUT2D eigenvalue weighted by atomic mass is 19.4. The summed E-state index contributed by atoms with van der Waals surface area (Å²) in [5.41, 5.74) is -1.73. The van der Waals surface area contributed by atoms with E-state index in [1.54, 1.807) is 6.92 Å². The van der Waals surface area contributed by atoms with Crippen LogP contribution in [0, 0.1) is 5.82 Å². The second-order valence-electron chi connectivity index (χ2n) is 9.44. The Morgan fingerprint density at radius 2 is 1.81 bits per heavy atom. The molecule has 0 saturated carbocycles. The summed E-state index contributed by atoms with van der Waals surface area (Å²) in [6, 6.07) is 7.61. The summed E-state index contributed by atoms with van der Waals surface area (Å²) in [5, 5.41) is 5.48. The van der Waals surface area contributed by atoms with Crippen LogP contribution in [0.4, 0.5) is 29.2 Å². The third-order valence-electron chi connectivity index (χ3n) is 6.47. The van der Waals surface area contributed by atoms with Crippen molar-refractivity contribution in [1.82, 2.24) is 20.2 Å². The lowest BCUT2D eigenvalue weighted by Gasteiger charge is -2.29. The fourth-order valence-corrected chi connectivity index (χ4v) is 4.27. The number of halogens is 4. The minimum atomic E-state index is -4.90. The van der Waals surface area contributed by atoms with Gasteiger partial charge in [0.15, 0.2) is 0 Å². The molecule has 14 heteroatoms. The lowest BCUT2D eigenvalue weighted by molar-refractivity contribution is -0.139. The van der Waals surface area contributed by atoms with Crippen molar-refractivity contribution < 1.29 is 41.4 Å². The van der Waals surface area contributed by atoms with Crippen molar-refractivity contribution in [3.8, 4) is 17.4 Å². The minimum absolute atomic E-state index is 0.0362. The predicted octanol–water partition coefficient (Wildman–Crippen LogP) is 5.18. The van der Waals surface area contributed by atoms with Gasteiger partial charge in [0.05, 0.1) is 25.0 Å². The van der Waals surface area contributed by atoms with Gasteiger partial charge in [-0.3, -0.25) is 4.79 Å². The van der Waals surface area contributed by atoms with Gasteiger partial charge in [0.25, 0.3) is 5.91 Å². The van der Waals surface area contributed by atoms with Gasteiger partial charge in [-0.05, 0) is 58.1 Å².